The zero-order valence-corrected chi connectivity index (χ0v) is 25.9. The summed E-state index contributed by atoms with van der Waals surface area (Å²) in [6.45, 7) is 3.71. The van der Waals surface area contributed by atoms with Crippen molar-refractivity contribution in [3.05, 3.63) is 89.3 Å². The van der Waals surface area contributed by atoms with Crippen LogP contribution in [0.3, 0.4) is 0 Å². The number of anilines is 1. The highest BCUT2D eigenvalue weighted by Crippen LogP contribution is 2.28. The van der Waals surface area contributed by atoms with Crippen LogP contribution in [-0.4, -0.2) is 73.3 Å². The molecule has 9 nitrogen and oxygen atoms in total. The van der Waals surface area contributed by atoms with Gasteiger partial charge in [-0.2, -0.15) is 4.31 Å². The molecule has 1 N–H and O–H groups in total. The lowest BCUT2D eigenvalue weighted by Gasteiger charge is -2.32. The number of carbonyl (C=O) groups is 1. The van der Waals surface area contributed by atoms with Crippen molar-refractivity contribution in [1.29, 1.82) is 0 Å². The van der Waals surface area contributed by atoms with Crippen LogP contribution in [-0.2, 0) is 14.8 Å². The molecule has 1 aliphatic heterocycles. The molecule has 1 fully saturated rings. The standard InChI is InChI=1S/C32H36ClN5O4S/c1-23-21-31(28-22-25(33)6-11-30(28)36-23)35-16-20-38(43(40,41)27-9-7-26(42-2)8-10-27)19-14-32(39)37-17-12-24(13-18-37)29-5-3-4-15-34-29/h3-11,15,21-22,24H,12-14,16-20H2,1-2H3,(H,35,36). The first-order chi connectivity index (χ1) is 20.7. The molecule has 5 rings (SSSR count). The first-order valence-corrected chi connectivity index (χ1v) is 16.2. The van der Waals surface area contributed by atoms with Gasteiger partial charge in [0.05, 0.1) is 17.5 Å². The fraction of sp³-hybridized carbons (Fsp3) is 0.344. The number of nitrogens with one attached hydrogen (secondary N) is 1. The van der Waals surface area contributed by atoms with Gasteiger partial charge in [-0.1, -0.05) is 17.7 Å². The van der Waals surface area contributed by atoms with Gasteiger partial charge in [-0.05, 0) is 80.4 Å². The predicted octanol–water partition coefficient (Wildman–Crippen LogP) is 5.50. The van der Waals surface area contributed by atoms with Gasteiger partial charge in [-0.3, -0.25) is 14.8 Å². The molecular weight excluding hydrogens is 586 g/mol. The fourth-order valence-electron chi connectivity index (χ4n) is 5.46. The topological polar surface area (TPSA) is 105 Å². The number of fused-ring (bicyclic) bond motifs is 1. The van der Waals surface area contributed by atoms with E-state index in [2.05, 4.69) is 15.3 Å². The van der Waals surface area contributed by atoms with Crippen LogP contribution in [0.25, 0.3) is 10.9 Å². The summed E-state index contributed by atoms with van der Waals surface area (Å²) >= 11 is 6.25. The normalized spacial score (nSPS) is 14.3. The van der Waals surface area contributed by atoms with Crippen LogP contribution in [0, 0.1) is 6.92 Å². The highest BCUT2D eigenvalue weighted by atomic mass is 35.5. The molecule has 3 heterocycles. The van der Waals surface area contributed by atoms with Crippen molar-refractivity contribution < 1.29 is 17.9 Å². The number of rotatable bonds is 11. The summed E-state index contributed by atoms with van der Waals surface area (Å²) in [5.74, 6) is 0.842. The van der Waals surface area contributed by atoms with Crippen molar-refractivity contribution in [3.63, 3.8) is 0 Å². The Morgan fingerprint density at radius 1 is 1.07 bits per heavy atom. The number of pyridine rings is 2. The van der Waals surface area contributed by atoms with E-state index >= 15 is 0 Å². The van der Waals surface area contributed by atoms with Gasteiger partial charge in [0.1, 0.15) is 5.75 Å². The van der Waals surface area contributed by atoms with Gasteiger partial charge < -0.3 is 15.0 Å². The van der Waals surface area contributed by atoms with Crippen molar-refractivity contribution in [2.24, 2.45) is 0 Å². The van der Waals surface area contributed by atoms with Gasteiger partial charge in [0, 0.05) is 78.7 Å². The number of nitrogens with zero attached hydrogens (tertiary/aromatic N) is 4. The van der Waals surface area contributed by atoms with Crippen LogP contribution < -0.4 is 10.1 Å². The molecule has 0 saturated carbocycles. The van der Waals surface area contributed by atoms with E-state index < -0.39 is 10.0 Å². The molecule has 1 amide bonds. The summed E-state index contributed by atoms with van der Waals surface area (Å²) in [5, 5.41) is 4.82. The Kier molecular flexibility index (Phi) is 9.79. The number of piperidine rings is 1. The van der Waals surface area contributed by atoms with Gasteiger partial charge in [-0.25, -0.2) is 8.42 Å². The van der Waals surface area contributed by atoms with Crippen molar-refractivity contribution in [1.82, 2.24) is 19.2 Å². The van der Waals surface area contributed by atoms with Crippen LogP contribution in [0.4, 0.5) is 5.69 Å². The molecule has 0 spiro atoms. The number of methoxy groups -OCH3 is 1. The van der Waals surface area contributed by atoms with E-state index in [-0.39, 0.29) is 30.3 Å². The van der Waals surface area contributed by atoms with Gasteiger partial charge >= 0.3 is 0 Å². The minimum atomic E-state index is -3.88. The summed E-state index contributed by atoms with van der Waals surface area (Å²) in [6, 6.07) is 19.6. The number of carbonyl (C=O) groups excluding carboxylic acids is 1. The molecule has 226 valence electrons. The van der Waals surface area contributed by atoms with Crippen molar-refractivity contribution >= 4 is 44.1 Å². The molecule has 0 aliphatic carbocycles. The Balaban J connectivity index is 1.28. The zero-order chi connectivity index (χ0) is 30.4. The van der Waals surface area contributed by atoms with Gasteiger partial charge in [0.15, 0.2) is 0 Å². The third-order valence-corrected chi connectivity index (χ3v) is 9.95. The number of hydrogen-bond donors (Lipinski definition) is 1. The highest BCUT2D eigenvalue weighted by Gasteiger charge is 2.28. The smallest absolute Gasteiger partial charge is 0.243 e. The number of halogens is 1. The Morgan fingerprint density at radius 2 is 1.84 bits per heavy atom. The number of likely N-dealkylation sites (tertiary alicyclic amines) is 1. The molecule has 2 aromatic carbocycles. The van der Waals surface area contributed by atoms with Crippen molar-refractivity contribution in [2.75, 3.05) is 45.2 Å². The minimum Gasteiger partial charge on any atom is -0.497 e. The van der Waals surface area contributed by atoms with Gasteiger partial charge in [0.25, 0.3) is 0 Å². The van der Waals surface area contributed by atoms with E-state index in [0.717, 1.165) is 40.8 Å². The van der Waals surface area contributed by atoms with Crippen LogP contribution >= 0.6 is 11.6 Å². The molecule has 0 unspecified atom stereocenters. The number of ether oxygens (including phenoxy) is 1. The number of aryl methyl sites for hydroxylation is 1. The predicted molar refractivity (Wildman–Crippen MR) is 169 cm³/mol. The molecule has 4 aromatic rings. The average molecular weight is 622 g/mol. The lowest BCUT2D eigenvalue weighted by atomic mass is 9.93. The van der Waals surface area contributed by atoms with E-state index in [1.165, 1.54) is 23.5 Å². The molecule has 11 heteroatoms. The maximum atomic E-state index is 13.8. The third-order valence-electron chi connectivity index (χ3n) is 7.80. The Hall–Kier alpha value is -3.73. The van der Waals surface area contributed by atoms with Crippen molar-refractivity contribution in [3.8, 4) is 5.75 Å². The van der Waals surface area contributed by atoms with Crippen LogP contribution in [0.2, 0.25) is 5.02 Å². The quantitative estimate of drug-likeness (QED) is 0.236. The van der Waals surface area contributed by atoms with Crippen molar-refractivity contribution in [2.45, 2.75) is 37.0 Å². The largest absolute Gasteiger partial charge is 0.497 e. The van der Waals surface area contributed by atoms with Gasteiger partial charge in [0.2, 0.25) is 15.9 Å². The second-order valence-corrected chi connectivity index (χ2v) is 13.0. The number of amides is 1. The van der Waals surface area contributed by atoms with Crippen LogP contribution in [0.1, 0.15) is 36.6 Å². The van der Waals surface area contributed by atoms with E-state index in [9.17, 15) is 13.2 Å². The molecule has 1 saturated heterocycles. The van der Waals surface area contributed by atoms with Crippen LogP contribution in [0.5, 0.6) is 5.75 Å². The third kappa shape index (κ3) is 7.44. The van der Waals surface area contributed by atoms with Crippen LogP contribution in [0.15, 0.2) is 77.8 Å². The summed E-state index contributed by atoms with van der Waals surface area (Å²) in [5.41, 5.74) is 3.50. The molecule has 1 aliphatic rings. The van der Waals surface area contributed by atoms with E-state index in [0.29, 0.717) is 36.3 Å². The number of aromatic nitrogens is 2. The Bertz CT molecular complexity index is 1660. The maximum Gasteiger partial charge on any atom is 0.243 e. The molecule has 0 atom stereocenters. The summed E-state index contributed by atoms with van der Waals surface area (Å²) in [7, 11) is -2.35. The molecular formula is C32H36ClN5O4S. The lowest BCUT2D eigenvalue weighted by molar-refractivity contribution is -0.132. The number of benzene rings is 2. The minimum absolute atomic E-state index is 0.0484. The fourth-order valence-corrected chi connectivity index (χ4v) is 7.07. The number of hydrogen-bond acceptors (Lipinski definition) is 7. The van der Waals surface area contributed by atoms with E-state index in [1.807, 2.05) is 48.2 Å². The summed E-state index contributed by atoms with van der Waals surface area (Å²) in [6.07, 6.45) is 3.57. The number of sulfonamides is 1. The summed E-state index contributed by atoms with van der Waals surface area (Å²) < 4.78 is 34.1. The second-order valence-electron chi connectivity index (χ2n) is 10.6. The molecule has 0 radical (unpaired) electrons. The first-order valence-electron chi connectivity index (χ1n) is 14.4. The Morgan fingerprint density at radius 3 is 2.53 bits per heavy atom. The highest BCUT2D eigenvalue weighted by molar-refractivity contribution is 7.89. The van der Waals surface area contributed by atoms with E-state index in [1.54, 1.807) is 24.4 Å². The summed E-state index contributed by atoms with van der Waals surface area (Å²) in [4.78, 5) is 24.3. The first kappa shape index (κ1) is 30.7. The molecule has 43 heavy (non-hydrogen) atoms. The SMILES string of the molecule is COc1ccc(S(=O)(=O)N(CCNc2cc(C)nc3ccc(Cl)cc23)CCC(=O)N2CCC(c3ccccn3)CC2)cc1. The van der Waals surface area contributed by atoms with E-state index in [4.69, 9.17) is 16.3 Å². The average Bonchev–Trinajstić information content (AvgIpc) is 3.03. The molecule has 0 bridgehead atoms. The lowest BCUT2D eigenvalue weighted by Crippen LogP contribution is -2.41. The second kappa shape index (κ2) is 13.7. The maximum absolute atomic E-state index is 13.8. The Labute approximate surface area is 257 Å². The zero-order valence-electron chi connectivity index (χ0n) is 24.4. The monoisotopic (exact) mass is 621 g/mol. The molecule has 2 aromatic heterocycles. The van der Waals surface area contributed by atoms with Gasteiger partial charge in [-0.15, -0.1) is 0 Å².